The van der Waals surface area contributed by atoms with Crippen LogP contribution < -0.4 is 0 Å². The number of ether oxygens (including phenoxy) is 1. The number of carbonyl (C=O) groups excluding carboxylic acids is 1. The van der Waals surface area contributed by atoms with Crippen molar-refractivity contribution in [1.82, 2.24) is 0 Å². The van der Waals surface area contributed by atoms with E-state index in [4.69, 9.17) is 4.74 Å². The summed E-state index contributed by atoms with van der Waals surface area (Å²) in [5, 5.41) is 0. The normalized spacial score (nSPS) is 21.5. The predicted molar refractivity (Wildman–Crippen MR) is 114 cm³/mol. The van der Waals surface area contributed by atoms with Crippen LogP contribution in [0.2, 0.25) is 0 Å². The molecule has 0 N–H and O–H groups in total. The van der Waals surface area contributed by atoms with Gasteiger partial charge in [0.15, 0.2) is 10.0 Å². The maximum absolute atomic E-state index is 12.4. The van der Waals surface area contributed by atoms with Gasteiger partial charge in [0, 0.05) is 10.7 Å². The average Bonchev–Trinajstić information content (AvgIpc) is 2.51. The minimum atomic E-state index is -5.48. The number of esters is 1. The second-order valence-electron chi connectivity index (χ2n) is 5.61. The van der Waals surface area contributed by atoms with E-state index in [2.05, 4.69) is 72.5 Å². The van der Waals surface area contributed by atoms with Crippen LogP contribution in [0.3, 0.4) is 0 Å². The molecule has 0 saturated heterocycles. The molecule has 0 heterocycles. The number of hydrogen-bond acceptors (Lipinski definition) is 4. The van der Waals surface area contributed by atoms with Gasteiger partial charge >= 0.3 is 11.5 Å². The zero-order valence-electron chi connectivity index (χ0n) is 12.9. The van der Waals surface area contributed by atoms with Crippen LogP contribution in [0.25, 0.3) is 4.72 Å². The van der Waals surface area contributed by atoms with Gasteiger partial charge in [-0.25, -0.2) is 13.2 Å². The molecule has 0 aliphatic heterocycles. The molecule has 1 saturated carbocycles. The van der Waals surface area contributed by atoms with E-state index in [1.807, 2.05) is 6.07 Å². The van der Waals surface area contributed by atoms with Crippen molar-refractivity contribution in [2.24, 2.45) is 0 Å². The molecular weight excluding hydrogens is 716 g/mol. The number of rotatable bonds is 4. The van der Waals surface area contributed by atoms with Gasteiger partial charge in [0.1, 0.15) is 6.10 Å². The molecular formula is C14H12F3I3NO4S-. The SMILES string of the molecule is O=C(OC1CCC([N-]S(=O)(=O)C(F)(F)F)CC1)c1cc(I)cc(I)c1I. The van der Waals surface area contributed by atoms with Gasteiger partial charge in [-0.05, 0) is 92.7 Å². The molecule has 0 aromatic heterocycles. The van der Waals surface area contributed by atoms with E-state index < -0.39 is 33.6 Å². The average molecular weight is 728 g/mol. The quantitative estimate of drug-likeness (QED) is 0.243. The summed E-state index contributed by atoms with van der Waals surface area (Å²) in [7, 11) is -5.48. The van der Waals surface area contributed by atoms with Crippen molar-refractivity contribution in [2.45, 2.75) is 43.3 Å². The number of alkyl halides is 3. The Balaban J connectivity index is 1.94. The molecule has 0 atom stereocenters. The van der Waals surface area contributed by atoms with Crippen molar-refractivity contribution in [1.29, 1.82) is 0 Å². The molecule has 1 aliphatic carbocycles. The van der Waals surface area contributed by atoms with Crippen molar-refractivity contribution in [3.63, 3.8) is 0 Å². The Hall–Kier alpha value is 0.580. The maximum Gasteiger partial charge on any atom is 0.480 e. The van der Waals surface area contributed by atoms with E-state index in [0.717, 1.165) is 10.7 Å². The fourth-order valence-corrected chi connectivity index (χ4v) is 5.54. The van der Waals surface area contributed by atoms with E-state index >= 15 is 0 Å². The Kier molecular flexibility index (Phi) is 7.86. The van der Waals surface area contributed by atoms with Crippen LogP contribution in [0.15, 0.2) is 12.1 Å². The zero-order chi connectivity index (χ0) is 19.7. The highest BCUT2D eigenvalue weighted by Crippen LogP contribution is 2.35. The number of hydrogen-bond donors (Lipinski definition) is 0. The highest BCUT2D eigenvalue weighted by Gasteiger charge is 2.39. The van der Waals surface area contributed by atoms with E-state index in [-0.39, 0.29) is 25.7 Å². The summed E-state index contributed by atoms with van der Waals surface area (Å²) >= 11 is 6.27. The molecule has 12 heteroatoms. The molecule has 0 amide bonds. The molecule has 2 rings (SSSR count). The molecule has 1 aromatic carbocycles. The summed E-state index contributed by atoms with van der Waals surface area (Å²) in [5.74, 6) is -0.492. The van der Waals surface area contributed by atoms with Crippen LogP contribution in [-0.2, 0) is 14.8 Å². The number of benzene rings is 1. The van der Waals surface area contributed by atoms with Crippen molar-refractivity contribution in [3.05, 3.63) is 33.1 Å². The predicted octanol–water partition coefficient (Wildman–Crippen LogP) is 5.19. The third-order valence-electron chi connectivity index (χ3n) is 3.71. The van der Waals surface area contributed by atoms with E-state index in [9.17, 15) is 26.4 Å². The van der Waals surface area contributed by atoms with Gasteiger partial charge in [-0.3, -0.25) is 0 Å². The first-order chi connectivity index (χ1) is 11.9. The standard InChI is InChI=1S/C14H12F3I3NO4S/c15-14(16,17)26(23,24)21-8-1-3-9(4-2-8)25-13(22)10-5-7(18)6-11(19)12(10)20/h5-6,8-9H,1-4H2/q-1. The van der Waals surface area contributed by atoms with Gasteiger partial charge in [0.2, 0.25) is 0 Å². The molecule has 0 unspecified atom stereocenters. The Morgan fingerprint density at radius 3 is 2.23 bits per heavy atom. The lowest BCUT2D eigenvalue weighted by atomic mass is 9.93. The first-order valence-electron chi connectivity index (χ1n) is 7.29. The summed E-state index contributed by atoms with van der Waals surface area (Å²) in [4.78, 5) is 12.4. The van der Waals surface area contributed by atoms with E-state index in [0.29, 0.717) is 5.56 Å². The van der Waals surface area contributed by atoms with Crippen LogP contribution >= 0.6 is 67.8 Å². The molecule has 26 heavy (non-hydrogen) atoms. The third-order valence-corrected chi connectivity index (χ3v) is 8.54. The largest absolute Gasteiger partial charge is 0.538 e. The van der Waals surface area contributed by atoms with Crippen molar-refractivity contribution in [3.8, 4) is 0 Å². The second-order valence-corrected chi connectivity index (χ2v) is 10.7. The maximum atomic E-state index is 12.4. The third kappa shape index (κ3) is 5.79. The molecule has 0 radical (unpaired) electrons. The van der Waals surface area contributed by atoms with Crippen LogP contribution in [-0.4, -0.2) is 32.0 Å². The molecule has 0 bridgehead atoms. The lowest BCUT2D eigenvalue weighted by Gasteiger charge is -2.37. The fourth-order valence-electron chi connectivity index (χ4n) is 2.44. The summed E-state index contributed by atoms with van der Waals surface area (Å²) in [6.07, 6.45) is 0.312. The molecule has 5 nitrogen and oxygen atoms in total. The zero-order valence-corrected chi connectivity index (χ0v) is 20.2. The Morgan fingerprint density at radius 2 is 1.69 bits per heavy atom. The van der Waals surface area contributed by atoms with Crippen LogP contribution in [0, 0.1) is 10.7 Å². The van der Waals surface area contributed by atoms with Crippen LogP contribution in [0.4, 0.5) is 13.2 Å². The second kappa shape index (κ2) is 8.94. The van der Waals surface area contributed by atoms with Gasteiger partial charge in [0.25, 0.3) is 0 Å². The van der Waals surface area contributed by atoms with Gasteiger partial charge < -0.3 is 9.46 Å². The minimum absolute atomic E-state index is 0.119. The number of nitrogens with zero attached hydrogens (tertiary/aromatic N) is 1. The fraction of sp³-hybridized carbons (Fsp3) is 0.500. The summed E-state index contributed by atoms with van der Waals surface area (Å²) in [6, 6.07) is 2.70. The first-order valence-corrected chi connectivity index (χ1v) is 12.0. The summed E-state index contributed by atoms with van der Waals surface area (Å²) in [5.41, 5.74) is -4.94. The monoisotopic (exact) mass is 728 g/mol. The number of sulfonamides is 1. The molecule has 1 aromatic rings. The van der Waals surface area contributed by atoms with Gasteiger partial charge in [-0.1, -0.05) is 12.8 Å². The number of halogens is 6. The van der Waals surface area contributed by atoms with Crippen molar-refractivity contribution in [2.75, 3.05) is 0 Å². The first kappa shape index (κ1) is 22.9. The molecule has 0 spiro atoms. The van der Waals surface area contributed by atoms with Gasteiger partial charge in [-0.15, -0.1) is 6.04 Å². The molecule has 146 valence electrons. The highest BCUT2D eigenvalue weighted by atomic mass is 127. The Bertz CT molecular complexity index is 793. The molecule has 1 aliphatic rings. The van der Waals surface area contributed by atoms with E-state index in [1.54, 1.807) is 6.07 Å². The Morgan fingerprint density at radius 1 is 1.12 bits per heavy atom. The highest BCUT2D eigenvalue weighted by molar-refractivity contribution is 14.1. The van der Waals surface area contributed by atoms with Gasteiger partial charge in [-0.2, -0.15) is 13.2 Å². The van der Waals surface area contributed by atoms with Crippen LogP contribution in [0.5, 0.6) is 0 Å². The van der Waals surface area contributed by atoms with Crippen LogP contribution in [0.1, 0.15) is 36.0 Å². The summed E-state index contributed by atoms with van der Waals surface area (Å²) in [6.45, 7) is 0. The lowest BCUT2D eigenvalue weighted by molar-refractivity contribution is -0.0428. The van der Waals surface area contributed by atoms with E-state index in [1.165, 1.54) is 0 Å². The topological polar surface area (TPSA) is 74.5 Å². The Labute approximate surface area is 189 Å². The molecule has 1 fully saturated rings. The minimum Gasteiger partial charge on any atom is -0.538 e. The lowest BCUT2D eigenvalue weighted by Crippen LogP contribution is -2.31. The smallest absolute Gasteiger partial charge is 0.480 e. The van der Waals surface area contributed by atoms with Crippen molar-refractivity contribution >= 4 is 83.8 Å². The van der Waals surface area contributed by atoms with Gasteiger partial charge in [0.05, 0.1) is 5.56 Å². The summed E-state index contributed by atoms with van der Waals surface area (Å²) < 4.78 is 70.3. The van der Waals surface area contributed by atoms with Crippen molar-refractivity contribution < 1.29 is 31.1 Å². The number of carbonyl (C=O) groups is 1.